The summed E-state index contributed by atoms with van der Waals surface area (Å²) >= 11 is 0. The lowest BCUT2D eigenvalue weighted by Gasteiger charge is -2.38. The molecule has 2 unspecified atom stereocenters. The van der Waals surface area contributed by atoms with Crippen LogP contribution in [-0.2, 0) is 11.3 Å². The molecule has 1 aliphatic heterocycles. The second-order valence-electron chi connectivity index (χ2n) is 7.23. The lowest BCUT2D eigenvalue weighted by Crippen LogP contribution is -2.50. The molecule has 2 atom stereocenters. The van der Waals surface area contributed by atoms with Crippen LogP contribution in [0.2, 0.25) is 0 Å². The molecule has 0 spiro atoms. The highest BCUT2D eigenvalue weighted by atomic mass is 16.2. The molecular weight excluding hydrogens is 300 g/mol. The van der Waals surface area contributed by atoms with Gasteiger partial charge < -0.3 is 14.4 Å². The standard InChI is InChI=1S/C19H28N4O/c1-15(12-22-14-20-17-9-4-5-10-18(17)22)19(24)23-11-7-6-8-16(23)13-21(2)3/h4-5,9-10,14-16H,6-8,11-13H2,1-3H3. The third-order valence-electron chi connectivity index (χ3n) is 4.91. The minimum atomic E-state index is -0.0367. The Morgan fingerprint density at radius 2 is 2.12 bits per heavy atom. The molecular formula is C19H28N4O. The molecule has 3 rings (SSSR count). The van der Waals surface area contributed by atoms with E-state index in [4.69, 9.17) is 0 Å². The molecule has 0 aliphatic carbocycles. The van der Waals surface area contributed by atoms with E-state index in [-0.39, 0.29) is 11.8 Å². The molecule has 130 valence electrons. The van der Waals surface area contributed by atoms with E-state index in [2.05, 4.69) is 39.5 Å². The van der Waals surface area contributed by atoms with E-state index in [0.29, 0.717) is 12.6 Å². The summed E-state index contributed by atoms with van der Waals surface area (Å²) in [5.41, 5.74) is 2.08. The first kappa shape index (κ1) is 17.0. The largest absolute Gasteiger partial charge is 0.338 e. The van der Waals surface area contributed by atoms with Crippen LogP contribution in [0.3, 0.4) is 0 Å². The zero-order valence-electron chi connectivity index (χ0n) is 15.0. The van der Waals surface area contributed by atoms with Gasteiger partial charge in [0, 0.05) is 25.7 Å². The minimum absolute atomic E-state index is 0.0367. The third kappa shape index (κ3) is 3.61. The first-order valence-electron chi connectivity index (χ1n) is 8.91. The third-order valence-corrected chi connectivity index (χ3v) is 4.91. The van der Waals surface area contributed by atoms with Crippen molar-refractivity contribution in [1.82, 2.24) is 19.4 Å². The molecule has 24 heavy (non-hydrogen) atoms. The van der Waals surface area contributed by atoms with E-state index in [1.807, 2.05) is 31.5 Å². The van der Waals surface area contributed by atoms with Gasteiger partial charge in [0.2, 0.25) is 5.91 Å². The van der Waals surface area contributed by atoms with E-state index >= 15 is 0 Å². The maximum Gasteiger partial charge on any atom is 0.227 e. The highest BCUT2D eigenvalue weighted by Crippen LogP contribution is 2.21. The molecule has 1 aromatic heterocycles. The zero-order valence-corrected chi connectivity index (χ0v) is 15.0. The van der Waals surface area contributed by atoms with Gasteiger partial charge >= 0.3 is 0 Å². The lowest BCUT2D eigenvalue weighted by atomic mass is 9.99. The number of piperidine rings is 1. The quantitative estimate of drug-likeness (QED) is 0.847. The van der Waals surface area contributed by atoms with Gasteiger partial charge in [0.05, 0.1) is 23.3 Å². The van der Waals surface area contributed by atoms with Crippen LogP contribution in [0, 0.1) is 5.92 Å². The summed E-state index contributed by atoms with van der Waals surface area (Å²) < 4.78 is 2.10. The number of para-hydroxylation sites is 2. The fourth-order valence-electron chi connectivity index (χ4n) is 3.71. The Bertz CT molecular complexity index is 693. The number of hydrogen-bond acceptors (Lipinski definition) is 3. The zero-order chi connectivity index (χ0) is 17.1. The maximum atomic E-state index is 13.0. The van der Waals surface area contributed by atoms with Gasteiger partial charge in [-0.2, -0.15) is 0 Å². The molecule has 0 saturated carbocycles. The van der Waals surface area contributed by atoms with E-state index in [9.17, 15) is 4.79 Å². The van der Waals surface area contributed by atoms with Crippen molar-refractivity contribution in [1.29, 1.82) is 0 Å². The number of likely N-dealkylation sites (N-methyl/N-ethyl adjacent to an activating group) is 1. The van der Waals surface area contributed by atoms with Crippen molar-refractivity contribution in [3.8, 4) is 0 Å². The Morgan fingerprint density at radius 1 is 1.33 bits per heavy atom. The summed E-state index contributed by atoms with van der Waals surface area (Å²) in [6.45, 7) is 4.57. The highest BCUT2D eigenvalue weighted by molar-refractivity contribution is 5.79. The molecule has 1 aliphatic rings. The van der Waals surface area contributed by atoms with E-state index in [1.165, 1.54) is 6.42 Å². The van der Waals surface area contributed by atoms with Gasteiger partial charge in [-0.05, 0) is 45.5 Å². The van der Waals surface area contributed by atoms with Gasteiger partial charge in [0.25, 0.3) is 0 Å². The minimum Gasteiger partial charge on any atom is -0.338 e. The number of nitrogens with zero attached hydrogens (tertiary/aromatic N) is 4. The van der Waals surface area contributed by atoms with E-state index in [1.54, 1.807) is 0 Å². The number of imidazole rings is 1. The van der Waals surface area contributed by atoms with Crippen molar-refractivity contribution in [2.24, 2.45) is 5.92 Å². The number of carbonyl (C=O) groups is 1. The maximum absolute atomic E-state index is 13.0. The number of carbonyl (C=O) groups excluding carboxylic acids is 1. The first-order valence-corrected chi connectivity index (χ1v) is 8.91. The molecule has 0 bridgehead atoms. The van der Waals surface area contributed by atoms with Gasteiger partial charge in [-0.3, -0.25) is 4.79 Å². The number of aromatic nitrogens is 2. The normalized spacial score (nSPS) is 19.8. The SMILES string of the molecule is CC(Cn1cnc2ccccc21)C(=O)N1CCCCC1CN(C)C. The van der Waals surface area contributed by atoms with Crippen molar-refractivity contribution >= 4 is 16.9 Å². The molecule has 1 saturated heterocycles. The van der Waals surface area contributed by atoms with E-state index < -0.39 is 0 Å². The average molecular weight is 328 g/mol. The topological polar surface area (TPSA) is 41.4 Å². The number of amides is 1. The Hall–Kier alpha value is -1.88. The summed E-state index contributed by atoms with van der Waals surface area (Å²) in [6.07, 6.45) is 5.31. The molecule has 2 heterocycles. The van der Waals surface area contributed by atoms with Crippen LogP contribution in [-0.4, -0.2) is 58.5 Å². The summed E-state index contributed by atoms with van der Waals surface area (Å²) in [5, 5.41) is 0. The van der Waals surface area contributed by atoms with Crippen LogP contribution in [0.1, 0.15) is 26.2 Å². The Labute approximate surface area is 144 Å². The number of fused-ring (bicyclic) bond motifs is 1. The fraction of sp³-hybridized carbons (Fsp3) is 0.579. The number of likely N-dealkylation sites (tertiary alicyclic amines) is 1. The molecule has 1 amide bonds. The predicted molar refractivity (Wildman–Crippen MR) is 96.8 cm³/mol. The molecule has 5 nitrogen and oxygen atoms in total. The number of hydrogen-bond donors (Lipinski definition) is 0. The van der Waals surface area contributed by atoms with Crippen molar-refractivity contribution in [2.75, 3.05) is 27.2 Å². The van der Waals surface area contributed by atoms with E-state index in [0.717, 1.165) is 37.0 Å². The van der Waals surface area contributed by atoms with Gasteiger partial charge in [-0.25, -0.2) is 4.98 Å². The monoisotopic (exact) mass is 328 g/mol. The van der Waals surface area contributed by atoms with Crippen LogP contribution in [0.4, 0.5) is 0 Å². The van der Waals surface area contributed by atoms with Crippen molar-refractivity contribution in [3.63, 3.8) is 0 Å². The highest BCUT2D eigenvalue weighted by Gasteiger charge is 2.30. The first-order chi connectivity index (χ1) is 11.6. The summed E-state index contributed by atoms with van der Waals surface area (Å²) in [7, 11) is 4.16. The molecule has 0 N–H and O–H groups in total. The van der Waals surface area contributed by atoms with Gasteiger partial charge in [-0.1, -0.05) is 19.1 Å². The second kappa shape index (κ2) is 7.34. The summed E-state index contributed by atoms with van der Waals surface area (Å²) in [5.74, 6) is 0.240. The average Bonchev–Trinajstić information content (AvgIpc) is 2.97. The Kier molecular flexibility index (Phi) is 5.19. The van der Waals surface area contributed by atoms with Crippen molar-refractivity contribution in [2.45, 2.75) is 38.8 Å². The number of benzene rings is 1. The van der Waals surface area contributed by atoms with Crippen molar-refractivity contribution in [3.05, 3.63) is 30.6 Å². The van der Waals surface area contributed by atoms with Crippen LogP contribution in [0.5, 0.6) is 0 Å². The fourth-order valence-corrected chi connectivity index (χ4v) is 3.71. The molecule has 5 heteroatoms. The Balaban J connectivity index is 1.71. The smallest absolute Gasteiger partial charge is 0.227 e. The van der Waals surface area contributed by atoms with Crippen LogP contribution in [0.15, 0.2) is 30.6 Å². The van der Waals surface area contributed by atoms with Crippen LogP contribution >= 0.6 is 0 Å². The lowest BCUT2D eigenvalue weighted by molar-refractivity contribution is -0.139. The molecule has 1 fully saturated rings. The molecule has 1 aromatic carbocycles. The molecule has 0 radical (unpaired) electrons. The van der Waals surface area contributed by atoms with Crippen LogP contribution < -0.4 is 0 Å². The number of rotatable bonds is 5. The van der Waals surface area contributed by atoms with Gasteiger partial charge in [0.1, 0.15) is 0 Å². The van der Waals surface area contributed by atoms with Gasteiger partial charge in [-0.15, -0.1) is 0 Å². The summed E-state index contributed by atoms with van der Waals surface area (Å²) in [4.78, 5) is 21.8. The summed E-state index contributed by atoms with van der Waals surface area (Å²) in [6, 6.07) is 8.44. The molecule has 2 aromatic rings. The Morgan fingerprint density at radius 3 is 2.92 bits per heavy atom. The predicted octanol–water partition coefficient (Wildman–Crippen LogP) is 2.62. The van der Waals surface area contributed by atoms with Gasteiger partial charge in [0.15, 0.2) is 0 Å². The van der Waals surface area contributed by atoms with Crippen LogP contribution in [0.25, 0.3) is 11.0 Å². The van der Waals surface area contributed by atoms with Crippen molar-refractivity contribution < 1.29 is 4.79 Å². The second-order valence-corrected chi connectivity index (χ2v) is 7.23.